The lowest BCUT2D eigenvalue weighted by Gasteiger charge is -2.18. The van der Waals surface area contributed by atoms with E-state index in [4.69, 9.17) is 11.6 Å². The van der Waals surface area contributed by atoms with Crippen molar-refractivity contribution in [2.75, 3.05) is 16.6 Å². The van der Waals surface area contributed by atoms with E-state index in [9.17, 15) is 8.42 Å². The summed E-state index contributed by atoms with van der Waals surface area (Å²) in [5.41, 5.74) is 1.79. The van der Waals surface area contributed by atoms with Crippen LogP contribution in [-0.2, 0) is 16.4 Å². The Kier molecular flexibility index (Phi) is 2.64. The maximum Gasteiger partial charge on any atom is 0.234 e. The Morgan fingerprint density at radius 3 is 2.87 bits per heavy atom. The van der Waals surface area contributed by atoms with Gasteiger partial charge < -0.3 is 0 Å². The highest BCUT2D eigenvalue weighted by molar-refractivity contribution is 7.92. The molecule has 1 aromatic carbocycles. The molecule has 1 heterocycles. The van der Waals surface area contributed by atoms with E-state index >= 15 is 0 Å². The van der Waals surface area contributed by atoms with Gasteiger partial charge in [0, 0.05) is 11.6 Å². The van der Waals surface area contributed by atoms with Crippen LogP contribution in [0.5, 0.6) is 0 Å². The molecule has 0 unspecified atom stereocenters. The number of sulfonamides is 1. The van der Waals surface area contributed by atoms with Crippen LogP contribution in [0.3, 0.4) is 0 Å². The molecule has 0 spiro atoms. The average molecular weight is 246 g/mol. The van der Waals surface area contributed by atoms with Crippen molar-refractivity contribution in [1.82, 2.24) is 0 Å². The number of nitrogens with zero attached hydrogens (tertiary/aromatic N) is 1. The summed E-state index contributed by atoms with van der Waals surface area (Å²) in [6.07, 6.45) is 0.745. The second kappa shape index (κ2) is 3.68. The van der Waals surface area contributed by atoms with Crippen molar-refractivity contribution >= 4 is 27.3 Å². The van der Waals surface area contributed by atoms with Gasteiger partial charge in [0.25, 0.3) is 0 Å². The van der Waals surface area contributed by atoms with Crippen LogP contribution < -0.4 is 4.31 Å². The maximum atomic E-state index is 11.7. The smallest absolute Gasteiger partial charge is 0.234 e. The average Bonchev–Trinajstić information content (AvgIpc) is 2.61. The van der Waals surface area contributed by atoms with Crippen LogP contribution in [0, 0.1) is 0 Å². The van der Waals surface area contributed by atoms with Crippen LogP contribution in [0.1, 0.15) is 12.5 Å². The van der Waals surface area contributed by atoms with E-state index in [0.717, 1.165) is 17.7 Å². The Morgan fingerprint density at radius 1 is 1.47 bits per heavy atom. The molecular formula is C10H12ClNO2S. The van der Waals surface area contributed by atoms with Gasteiger partial charge in [-0.1, -0.05) is 11.6 Å². The lowest BCUT2D eigenvalue weighted by Crippen LogP contribution is -2.30. The molecule has 82 valence electrons. The Labute approximate surface area is 94.7 Å². The van der Waals surface area contributed by atoms with Crippen LogP contribution in [0.2, 0.25) is 5.02 Å². The van der Waals surface area contributed by atoms with Crippen LogP contribution in [-0.4, -0.2) is 20.7 Å². The Bertz CT molecular complexity index is 484. The van der Waals surface area contributed by atoms with Crippen LogP contribution in [0.25, 0.3) is 0 Å². The highest BCUT2D eigenvalue weighted by Gasteiger charge is 2.27. The van der Waals surface area contributed by atoms with Gasteiger partial charge in [0.1, 0.15) is 0 Å². The van der Waals surface area contributed by atoms with Gasteiger partial charge in [-0.3, -0.25) is 4.31 Å². The summed E-state index contributed by atoms with van der Waals surface area (Å²) in [5.74, 6) is 0.134. The fraction of sp³-hybridized carbons (Fsp3) is 0.400. The molecule has 0 amide bonds. The summed E-state index contributed by atoms with van der Waals surface area (Å²) < 4.78 is 25.0. The van der Waals surface area contributed by atoms with Crippen molar-refractivity contribution < 1.29 is 8.42 Å². The normalized spacial score (nSPS) is 15.5. The molecule has 0 fully saturated rings. The first kappa shape index (κ1) is 10.8. The highest BCUT2D eigenvalue weighted by Crippen LogP contribution is 2.32. The third kappa shape index (κ3) is 1.84. The molecule has 1 aromatic rings. The van der Waals surface area contributed by atoms with Crippen LogP contribution in [0.4, 0.5) is 5.69 Å². The summed E-state index contributed by atoms with van der Waals surface area (Å²) >= 11 is 5.85. The molecule has 0 aliphatic carbocycles. The first-order valence-corrected chi connectivity index (χ1v) is 6.82. The van der Waals surface area contributed by atoms with Gasteiger partial charge in [0.15, 0.2) is 0 Å². The fourth-order valence-corrected chi connectivity index (χ4v) is 3.14. The highest BCUT2D eigenvalue weighted by atomic mass is 35.5. The van der Waals surface area contributed by atoms with Gasteiger partial charge >= 0.3 is 0 Å². The van der Waals surface area contributed by atoms with Crippen molar-refractivity contribution in [3.63, 3.8) is 0 Å². The topological polar surface area (TPSA) is 37.4 Å². The number of rotatable bonds is 2. The van der Waals surface area contributed by atoms with Crippen molar-refractivity contribution in [3.05, 3.63) is 28.8 Å². The molecule has 0 bridgehead atoms. The van der Waals surface area contributed by atoms with Crippen molar-refractivity contribution in [2.24, 2.45) is 0 Å². The molecule has 1 aliphatic heterocycles. The van der Waals surface area contributed by atoms with E-state index in [2.05, 4.69) is 0 Å². The minimum Gasteiger partial charge on any atom is -0.270 e. The summed E-state index contributed by atoms with van der Waals surface area (Å²) in [6.45, 7) is 2.19. The molecular weight excluding hydrogens is 234 g/mol. The molecule has 2 rings (SSSR count). The quantitative estimate of drug-likeness (QED) is 0.800. The summed E-state index contributed by atoms with van der Waals surface area (Å²) in [4.78, 5) is 0. The predicted molar refractivity (Wildman–Crippen MR) is 62.0 cm³/mol. The van der Waals surface area contributed by atoms with E-state index in [-0.39, 0.29) is 5.75 Å². The number of benzene rings is 1. The molecule has 0 saturated carbocycles. The molecule has 5 heteroatoms. The molecule has 0 saturated heterocycles. The number of hydrogen-bond acceptors (Lipinski definition) is 2. The molecule has 0 N–H and O–H groups in total. The van der Waals surface area contributed by atoms with Crippen molar-refractivity contribution in [2.45, 2.75) is 13.3 Å². The van der Waals surface area contributed by atoms with Gasteiger partial charge in [-0.25, -0.2) is 8.42 Å². The zero-order chi connectivity index (χ0) is 11.1. The second-order valence-corrected chi connectivity index (χ2v) is 6.11. The molecule has 3 nitrogen and oxygen atoms in total. The number of anilines is 1. The Balaban J connectivity index is 2.46. The third-order valence-electron chi connectivity index (χ3n) is 2.60. The minimum atomic E-state index is -3.13. The maximum absolute atomic E-state index is 11.7. The third-order valence-corrected chi connectivity index (χ3v) is 4.61. The van der Waals surface area contributed by atoms with Gasteiger partial charge in [-0.2, -0.15) is 0 Å². The predicted octanol–water partition coefficient (Wildman–Crippen LogP) is 2.05. The fourth-order valence-electron chi connectivity index (χ4n) is 1.78. The molecule has 1 aliphatic rings. The van der Waals surface area contributed by atoms with E-state index < -0.39 is 10.0 Å². The SMILES string of the molecule is CCS(=O)(=O)N1CCc2cc(Cl)ccc21. The van der Waals surface area contributed by atoms with Crippen LogP contribution >= 0.6 is 11.6 Å². The second-order valence-electron chi connectivity index (χ2n) is 3.50. The summed E-state index contributed by atoms with van der Waals surface area (Å²) in [5, 5.41) is 0.657. The van der Waals surface area contributed by atoms with Gasteiger partial charge in [0.2, 0.25) is 10.0 Å². The van der Waals surface area contributed by atoms with E-state index in [1.165, 1.54) is 4.31 Å². The van der Waals surface area contributed by atoms with E-state index in [0.29, 0.717) is 11.6 Å². The standard InChI is InChI=1S/C10H12ClNO2S/c1-2-15(13,14)12-6-5-8-7-9(11)3-4-10(8)12/h3-4,7H,2,5-6H2,1H3. The first-order chi connectivity index (χ1) is 7.04. The van der Waals surface area contributed by atoms with E-state index in [1.54, 1.807) is 19.1 Å². The van der Waals surface area contributed by atoms with Gasteiger partial charge in [0.05, 0.1) is 11.4 Å². The molecule has 0 aromatic heterocycles. The van der Waals surface area contributed by atoms with Crippen molar-refractivity contribution in [1.29, 1.82) is 0 Å². The molecule has 0 atom stereocenters. The lowest BCUT2D eigenvalue weighted by atomic mass is 10.2. The van der Waals surface area contributed by atoms with Gasteiger partial charge in [-0.15, -0.1) is 0 Å². The van der Waals surface area contributed by atoms with Gasteiger partial charge in [-0.05, 0) is 37.1 Å². The van der Waals surface area contributed by atoms with E-state index in [1.807, 2.05) is 6.07 Å². The largest absolute Gasteiger partial charge is 0.270 e. The Morgan fingerprint density at radius 2 is 2.20 bits per heavy atom. The van der Waals surface area contributed by atoms with Crippen LogP contribution in [0.15, 0.2) is 18.2 Å². The Hall–Kier alpha value is -0.740. The number of fused-ring (bicyclic) bond motifs is 1. The zero-order valence-electron chi connectivity index (χ0n) is 8.40. The number of hydrogen-bond donors (Lipinski definition) is 0. The monoisotopic (exact) mass is 245 g/mol. The molecule has 15 heavy (non-hydrogen) atoms. The first-order valence-electron chi connectivity index (χ1n) is 4.83. The molecule has 0 radical (unpaired) electrons. The summed E-state index contributed by atoms with van der Waals surface area (Å²) in [7, 11) is -3.13. The van der Waals surface area contributed by atoms with Crippen molar-refractivity contribution in [3.8, 4) is 0 Å². The number of halogens is 1. The lowest BCUT2D eigenvalue weighted by molar-refractivity contribution is 0.593. The minimum absolute atomic E-state index is 0.134. The zero-order valence-corrected chi connectivity index (χ0v) is 9.98. The summed E-state index contributed by atoms with van der Waals surface area (Å²) in [6, 6.07) is 5.34.